The molecule has 1 fully saturated rings. The first-order valence-corrected chi connectivity index (χ1v) is 6.65. The quantitative estimate of drug-likeness (QED) is 0.872. The van der Waals surface area contributed by atoms with Gasteiger partial charge in [-0.2, -0.15) is 0 Å². The zero-order chi connectivity index (χ0) is 11.9. The van der Waals surface area contributed by atoms with Crippen molar-refractivity contribution in [3.8, 4) is 11.4 Å². The van der Waals surface area contributed by atoms with E-state index in [1.807, 2.05) is 6.33 Å². The summed E-state index contributed by atoms with van der Waals surface area (Å²) in [5.74, 6) is 1.05. The lowest BCUT2D eigenvalue weighted by molar-refractivity contribution is 0.643. The summed E-state index contributed by atoms with van der Waals surface area (Å²) in [6, 6.07) is 7.16. The molecule has 1 aliphatic heterocycles. The summed E-state index contributed by atoms with van der Waals surface area (Å²) < 4.78 is 2.25. The van der Waals surface area contributed by atoms with Gasteiger partial charge in [0.1, 0.15) is 6.33 Å². The first-order valence-electron chi connectivity index (χ1n) is 6.65. The first-order chi connectivity index (χ1) is 8.93. The van der Waals surface area contributed by atoms with Gasteiger partial charge in [-0.3, -0.25) is 0 Å². The Balaban J connectivity index is 1.86. The molecule has 4 rings (SSSR count). The molecule has 0 saturated heterocycles. The van der Waals surface area contributed by atoms with Gasteiger partial charge in [0.25, 0.3) is 0 Å². The van der Waals surface area contributed by atoms with Crippen molar-refractivity contribution >= 4 is 0 Å². The van der Waals surface area contributed by atoms with Crippen molar-refractivity contribution in [1.29, 1.82) is 0 Å². The Morgan fingerprint density at radius 2 is 2.22 bits per heavy atom. The number of benzene rings is 1. The maximum Gasteiger partial charge on any atom is 0.164 e. The van der Waals surface area contributed by atoms with Gasteiger partial charge < -0.3 is 9.88 Å². The Bertz CT molecular complexity index is 583. The second kappa shape index (κ2) is 3.92. The van der Waals surface area contributed by atoms with E-state index in [1.165, 1.54) is 29.5 Å². The van der Waals surface area contributed by atoms with Crippen LogP contribution >= 0.6 is 0 Å². The highest BCUT2D eigenvalue weighted by Gasteiger charge is 2.27. The van der Waals surface area contributed by atoms with E-state index < -0.39 is 0 Å². The third-order valence-electron chi connectivity index (χ3n) is 3.89. The van der Waals surface area contributed by atoms with E-state index in [-0.39, 0.29) is 0 Å². The molecule has 0 spiro atoms. The Hall–Kier alpha value is -1.68. The number of hydrogen-bond donors (Lipinski definition) is 1. The van der Waals surface area contributed by atoms with Crippen molar-refractivity contribution in [2.24, 2.45) is 0 Å². The fourth-order valence-electron chi connectivity index (χ4n) is 2.80. The van der Waals surface area contributed by atoms with Gasteiger partial charge in [-0.15, -0.1) is 10.2 Å². The SMILES string of the molecule is c1cc2c(c(-c3nncn3C3CC3)c1)CCNC2. The van der Waals surface area contributed by atoms with E-state index in [9.17, 15) is 0 Å². The van der Waals surface area contributed by atoms with E-state index in [2.05, 4.69) is 38.3 Å². The van der Waals surface area contributed by atoms with Gasteiger partial charge >= 0.3 is 0 Å². The summed E-state index contributed by atoms with van der Waals surface area (Å²) in [4.78, 5) is 0. The topological polar surface area (TPSA) is 42.7 Å². The monoisotopic (exact) mass is 240 g/mol. The molecule has 0 radical (unpaired) electrons. The van der Waals surface area contributed by atoms with Crippen LogP contribution in [0.1, 0.15) is 30.0 Å². The average Bonchev–Trinajstić information content (AvgIpc) is 3.16. The minimum Gasteiger partial charge on any atom is -0.312 e. The fraction of sp³-hybridized carbons (Fsp3) is 0.429. The Kier molecular flexibility index (Phi) is 2.23. The van der Waals surface area contributed by atoms with Crippen LogP contribution in [-0.2, 0) is 13.0 Å². The molecule has 1 aromatic carbocycles. The number of hydrogen-bond acceptors (Lipinski definition) is 3. The van der Waals surface area contributed by atoms with Gasteiger partial charge in [-0.25, -0.2) is 0 Å². The number of nitrogens with one attached hydrogen (secondary N) is 1. The third-order valence-corrected chi connectivity index (χ3v) is 3.89. The summed E-state index contributed by atoms with van der Waals surface area (Å²) >= 11 is 0. The highest BCUT2D eigenvalue weighted by molar-refractivity contribution is 5.63. The number of rotatable bonds is 2. The van der Waals surface area contributed by atoms with Crippen molar-refractivity contribution in [2.45, 2.75) is 31.8 Å². The molecule has 4 nitrogen and oxygen atoms in total. The summed E-state index contributed by atoms with van der Waals surface area (Å²) in [6.45, 7) is 2.03. The molecule has 4 heteroatoms. The molecular weight excluding hydrogens is 224 g/mol. The lowest BCUT2D eigenvalue weighted by Gasteiger charge is -2.20. The molecule has 1 aliphatic carbocycles. The molecule has 0 bridgehead atoms. The molecule has 1 saturated carbocycles. The molecule has 0 atom stereocenters. The minimum atomic E-state index is 0.632. The van der Waals surface area contributed by atoms with Crippen LogP contribution in [0.2, 0.25) is 0 Å². The van der Waals surface area contributed by atoms with Crippen LogP contribution in [0.25, 0.3) is 11.4 Å². The van der Waals surface area contributed by atoms with Crippen molar-refractivity contribution in [3.63, 3.8) is 0 Å². The van der Waals surface area contributed by atoms with Crippen molar-refractivity contribution in [3.05, 3.63) is 35.7 Å². The van der Waals surface area contributed by atoms with Gasteiger partial charge in [0, 0.05) is 18.2 Å². The smallest absolute Gasteiger partial charge is 0.164 e. The van der Waals surface area contributed by atoms with Gasteiger partial charge in [-0.05, 0) is 36.9 Å². The Morgan fingerprint density at radius 1 is 1.28 bits per heavy atom. The molecule has 1 aromatic heterocycles. The van der Waals surface area contributed by atoms with E-state index in [0.29, 0.717) is 6.04 Å². The second-order valence-electron chi connectivity index (χ2n) is 5.16. The van der Waals surface area contributed by atoms with E-state index >= 15 is 0 Å². The Labute approximate surface area is 106 Å². The number of fused-ring (bicyclic) bond motifs is 1. The minimum absolute atomic E-state index is 0.632. The fourth-order valence-corrected chi connectivity index (χ4v) is 2.80. The van der Waals surface area contributed by atoms with Gasteiger partial charge in [0.15, 0.2) is 5.82 Å². The molecule has 18 heavy (non-hydrogen) atoms. The van der Waals surface area contributed by atoms with E-state index in [0.717, 1.165) is 25.3 Å². The second-order valence-corrected chi connectivity index (χ2v) is 5.16. The molecule has 0 amide bonds. The number of nitrogens with zero attached hydrogens (tertiary/aromatic N) is 3. The van der Waals surface area contributed by atoms with Gasteiger partial charge in [-0.1, -0.05) is 18.2 Å². The third kappa shape index (κ3) is 1.56. The zero-order valence-electron chi connectivity index (χ0n) is 10.3. The van der Waals surface area contributed by atoms with Crippen molar-refractivity contribution < 1.29 is 0 Å². The largest absolute Gasteiger partial charge is 0.312 e. The van der Waals surface area contributed by atoms with E-state index in [4.69, 9.17) is 0 Å². The van der Waals surface area contributed by atoms with Crippen LogP contribution in [0, 0.1) is 0 Å². The molecule has 1 N–H and O–H groups in total. The standard InChI is InChI=1S/C14H16N4/c1-2-10-8-15-7-6-12(10)13(3-1)14-17-16-9-18(14)11-4-5-11/h1-3,9,11,15H,4-8H2. The lowest BCUT2D eigenvalue weighted by Crippen LogP contribution is -2.24. The molecule has 2 aromatic rings. The highest BCUT2D eigenvalue weighted by Crippen LogP contribution is 2.38. The van der Waals surface area contributed by atoms with Gasteiger partial charge in [0.2, 0.25) is 0 Å². The lowest BCUT2D eigenvalue weighted by atomic mass is 9.95. The van der Waals surface area contributed by atoms with Crippen LogP contribution in [-0.4, -0.2) is 21.3 Å². The van der Waals surface area contributed by atoms with Crippen LogP contribution in [0.15, 0.2) is 24.5 Å². The normalized spacial score (nSPS) is 18.7. The molecule has 2 heterocycles. The van der Waals surface area contributed by atoms with Crippen LogP contribution in [0.4, 0.5) is 0 Å². The van der Waals surface area contributed by atoms with Crippen LogP contribution in [0.5, 0.6) is 0 Å². The molecule has 0 unspecified atom stereocenters. The highest BCUT2D eigenvalue weighted by atomic mass is 15.3. The summed E-state index contributed by atoms with van der Waals surface area (Å²) in [5.41, 5.74) is 4.13. The number of aromatic nitrogens is 3. The molecule has 2 aliphatic rings. The summed E-state index contributed by atoms with van der Waals surface area (Å²) in [7, 11) is 0. The zero-order valence-corrected chi connectivity index (χ0v) is 10.3. The summed E-state index contributed by atoms with van der Waals surface area (Å²) in [6.07, 6.45) is 5.50. The molecular formula is C14H16N4. The average molecular weight is 240 g/mol. The Morgan fingerprint density at radius 3 is 3.11 bits per heavy atom. The molecule has 92 valence electrons. The maximum absolute atomic E-state index is 4.35. The van der Waals surface area contributed by atoms with Crippen LogP contribution < -0.4 is 5.32 Å². The van der Waals surface area contributed by atoms with Crippen LogP contribution in [0.3, 0.4) is 0 Å². The first kappa shape index (κ1) is 10.3. The van der Waals surface area contributed by atoms with Crippen molar-refractivity contribution in [2.75, 3.05) is 6.54 Å². The predicted octanol–water partition coefficient (Wildman–Crippen LogP) is 1.93. The summed E-state index contributed by atoms with van der Waals surface area (Å²) in [5, 5.41) is 11.9. The maximum atomic E-state index is 4.35. The predicted molar refractivity (Wildman–Crippen MR) is 69.1 cm³/mol. The van der Waals surface area contributed by atoms with E-state index in [1.54, 1.807) is 0 Å². The van der Waals surface area contributed by atoms with Crippen molar-refractivity contribution in [1.82, 2.24) is 20.1 Å². The van der Waals surface area contributed by atoms with Gasteiger partial charge in [0.05, 0.1) is 0 Å².